The van der Waals surface area contributed by atoms with Crippen molar-refractivity contribution in [2.24, 2.45) is 0 Å². The van der Waals surface area contributed by atoms with Crippen molar-refractivity contribution in [1.29, 1.82) is 0 Å². The van der Waals surface area contributed by atoms with Crippen LogP contribution in [-0.2, 0) is 0 Å². The predicted molar refractivity (Wildman–Crippen MR) is 77.2 cm³/mol. The number of aryl methyl sites for hydroxylation is 1. The van der Waals surface area contributed by atoms with Crippen LogP contribution in [0.3, 0.4) is 0 Å². The molecule has 0 saturated carbocycles. The Morgan fingerprint density at radius 1 is 1.26 bits per heavy atom. The van der Waals surface area contributed by atoms with Crippen LogP contribution in [0.15, 0.2) is 24.5 Å². The Morgan fingerprint density at radius 2 is 2.05 bits per heavy atom. The van der Waals surface area contributed by atoms with Gasteiger partial charge in [-0.1, -0.05) is 11.6 Å². The second-order valence-corrected chi connectivity index (χ2v) is 4.60. The van der Waals surface area contributed by atoms with Gasteiger partial charge in [0.15, 0.2) is 0 Å². The Kier molecular flexibility index (Phi) is 4.22. The van der Waals surface area contributed by atoms with E-state index < -0.39 is 0 Å². The van der Waals surface area contributed by atoms with E-state index in [1.165, 1.54) is 6.33 Å². The Bertz CT molecular complexity index is 587. The monoisotopic (exact) mass is 277 g/mol. The van der Waals surface area contributed by atoms with E-state index in [1.54, 1.807) is 0 Å². The number of hydrogen-bond acceptors (Lipinski definition) is 4. The van der Waals surface area contributed by atoms with Gasteiger partial charge in [0, 0.05) is 11.6 Å². The van der Waals surface area contributed by atoms with Crippen molar-refractivity contribution >= 4 is 17.4 Å². The van der Waals surface area contributed by atoms with Gasteiger partial charge in [0.2, 0.25) is 5.88 Å². The van der Waals surface area contributed by atoms with Crippen LogP contribution in [-0.4, -0.2) is 16.5 Å². The summed E-state index contributed by atoms with van der Waals surface area (Å²) < 4.78 is 5.78. The number of hydrogen-bond donors (Lipinski definition) is 1. The minimum atomic E-state index is 0.549. The topological polar surface area (TPSA) is 47.0 Å². The van der Waals surface area contributed by atoms with E-state index >= 15 is 0 Å². The van der Waals surface area contributed by atoms with Gasteiger partial charge in [-0.05, 0) is 44.5 Å². The third-order valence-electron chi connectivity index (χ3n) is 2.73. The van der Waals surface area contributed by atoms with Gasteiger partial charge in [-0.15, -0.1) is 0 Å². The molecule has 5 heteroatoms. The van der Waals surface area contributed by atoms with E-state index in [9.17, 15) is 0 Å². The third kappa shape index (κ3) is 3.15. The van der Waals surface area contributed by atoms with Crippen molar-refractivity contribution in [2.45, 2.75) is 20.8 Å². The van der Waals surface area contributed by atoms with E-state index in [1.807, 2.05) is 39.0 Å². The Balaban J connectivity index is 2.27. The van der Waals surface area contributed by atoms with Crippen LogP contribution < -0.4 is 10.1 Å². The molecule has 2 rings (SSSR count). The van der Waals surface area contributed by atoms with Gasteiger partial charge in [0.25, 0.3) is 0 Å². The molecule has 0 fully saturated rings. The van der Waals surface area contributed by atoms with Crippen molar-refractivity contribution in [3.8, 4) is 11.6 Å². The van der Waals surface area contributed by atoms with E-state index in [-0.39, 0.29) is 0 Å². The zero-order valence-corrected chi connectivity index (χ0v) is 12.0. The number of benzene rings is 1. The summed E-state index contributed by atoms with van der Waals surface area (Å²) in [6, 6.07) is 5.52. The van der Waals surface area contributed by atoms with Crippen LogP contribution in [0.5, 0.6) is 11.6 Å². The van der Waals surface area contributed by atoms with Crippen molar-refractivity contribution < 1.29 is 4.74 Å². The number of nitrogens with zero attached hydrogens (tertiary/aromatic N) is 2. The SMILES string of the molecule is CCNc1ncnc(Oc2ccc(Cl)c(C)c2)c1C. The molecule has 0 radical (unpaired) electrons. The van der Waals surface area contributed by atoms with Gasteiger partial charge < -0.3 is 10.1 Å². The molecule has 0 aliphatic carbocycles. The van der Waals surface area contributed by atoms with Crippen LogP contribution in [0, 0.1) is 13.8 Å². The molecular weight excluding hydrogens is 262 g/mol. The summed E-state index contributed by atoms with van der Waals surface area (Å²) in [4.78, 5) is 8.34. The maximum Gasteiger partial charge on any atom is 0.227 e. The summed E-state index contributed by atoms with van der Waals surface area (Å²) in [5.41, 5.74) is 1.86. The molecule has 0 aliphatic heterocycles. The standard InChI is InChI=1S/C14H16ClN3O/c1-4-16-13-10(3)14(18-8-17-13)19-11-5-6-12(15)9(2)7-11/h5-8H,4H2,1-3H3,(H,16,17,18). The number of rotatable bonds is 4. The highest BCUT2D eigenvalue weighted by Crippen LogP contribution is 2.28. The lowest BCUT2D eigenvalue weighted by Crippen LogP contribution is -2.03. The summed E-state index contributed by atoms with van der Waals surface area (Å²) in [5.74, 6) is 2.05. The smallest absolute Gasteiger partial charge is 0.227 e. The van der Waals surface area contributed by atoms with E-state index in [2.05, 4.69) is 15.3 Å². The zero-order valence-electron chi connectivity index (χ0n) is 11.2. The molecule has 1 heterocycles. The van der Waals surface area contributed by atoms with Gasteiger partial charge in [-0.2, -0.15) is 0 Å². The fourth-order valence-electron chi connectivity index (χ4n) is 1.67. The highest BCUT2D eigenvalue weighted by molar-refractivity contribution is 6.31. The first-order chi connectivity index (χ1) is 9.11. The zero-order chi connectivity index (χ0) is 13.8. The molecule has 0 bridgehead atoms. The molecule has 4 nitrogen and oxygen atoms in total. The van der Waals surface area contributed by atoms with Crippen molar-refractivity contribution in [1.82, 2.24) is 9.97 Å². The number of anilines is 1. The van der Waals surface area contributed by atoms with Crippen LogP contribution in [0.4, 0.5) is 5.82 Å². The third-order valence-corrected chi connectivity index (χ3v) is 3.15. The number of aromatic nitrogens is 2. The number of halogens is 1. The summed E-state index contributed by atoms with van der Waals surface area (Å²) in [5, 5.41) is 3.89. The first-order valence-electron chi connectivity index (χ1n) is 6.11. The maximum absolute atomic E-state index is 5.99. The number of nitrogens with one attached hydrogen (secondary N) is 1. The lowest BCUT2D eigenvalue weighted by molar-refractivity contribution is 0.457. The fourth-order valence-corrected chi connectivity index (χ4v) is 1.79. The molecule has 0 amide bonds. The second kappa shape index (κ2) is 5.89. The maximum atomic E-state index is 5.99. The first-order valence-corrected chi connectivity index (χ1v) is 6.49. The predicted octanol–water partition coefficient (Wildman–Crippen LogP) is 3.97. The Labute approximate surface area is 117 Å². The van der Waals surface area contributed by atoms with E-state index in [0.29, 0.717) is 11.6 Å². The van der Waals surface area contributed by atoms with Gasteiger partial charge in [-0.25, -0.2) is 9.97 Å². The fraction of sp³-hybridized carbons (Fsp3) is 0.286. The van der Waals surface area contributed by atoms with Gasteiger partial charge in [0.05, 0.1) is 5.56 Å². The highest BCUT2D eigenvalue weighted by Gasteiger charge is 2.09. The molecule has 1 aromatic heterocycles. The van der Waals surface area contributed by atoms with Crippen LogP contribution in [0.2, 0.25) is 5.02 Å². The Morgan fingerprint density at radius 3 is 2.74 bits per heavy atom. The molecule has 0 unspecified atom stereocenters. The molecule has 1 aromatic carbocycles. The molecule has 0 atom stereocenters. The normalized spacial score (nSPS) is 10.3. The minimum Gasteiger partial charge on any atom is -0.439 e. The molecule has 19 heavy (non-hydrogen) atoms. The largest absolute Gasteiger partial charge is 0.439 e. The molecular formula is C14H16ClN3O. The lowest BCUT2D eigenvalue weighted by atomic mass is 10.2. The molecule has 1 N–H and O–H groups in total. The van der Waals surface area contributed by atoms with Gasteiger partial charge in [0.1, 0.15) is 17.9 Å². The summed E-state index contributed by atoms with van der Waals surface area (Å²) in [6.45, 7) is 6.68. The molecule has 100 valence electrons. The Hall–Kier alpha value is -1.81. The van der Waals surface area contributed by atoms with Crippen LogP contribution >= 0.6 is 11.6 Å². The second-order valence-electron chi connectivity index (χ2n) is 4.20. The summed E-state index contributed by atoms with van der Waals surface area (Å²) in [6.07, 6.45) is 1.49. The molecule has 0 saturated heterocycles. The van der Waals surface area contributed by atoms with E-state index in [0.717, 1.165) is 28.5 Å². The lowest BCUT2D eigenvalue weighted by Gasteiger charge is -2.11. The molecule has 0 aliphatic rings. The molecule has 2 aromatic rings. The van der Waals surface area contributed by atoms with E-state index in [4.69, 9.17) is 16.3 Å². The summed E-state index contributed by atoms with van der Waals surface area (Å²) >= 11 is 5.99. The highest BCUT2D eigenvalue weighted by atomic mass is 35.5. The first kappa shape index (κ1) is 13.6. The van der Waals surface area contributed by atoms with Crippen molar-refractivity contribution in [2.75, 3.05) is 11.9 Å². The summed E-state index contributed by atoms with van der Waals surface area (Å²) in [7, 11) is 0. The van der Waals surface area contributed by atoms with Gasteiger partial charge >= 0.3 is 0 Å². The average molecular weight is 278 g/mol. The molecule has 0 spiro atoms. The quantitative estimate of drug-likeness (QED) is 0.918. The number of ether oxygens (including phenoxy) is 1. The van der Waals surface area contributed by atoms with Crippen LogP contribution in [0.25, 0.3) is 0 Å². The van der Waals surface area contributed by atoms with Gasteiger partial charge in [-0.3, -0.25) is 0 Å². The van der Waals surface area contributed by atoms with Crippen molar-refractivity contribution in [3.05, 3.63) is 40.7 Å². The average Bonchev–Trinajstić information content (AvgIpc) is 2.39. The minimum absolute atomic E-state index is 0.549. The van der Waals surface area contributed by atoms with Crippen LogP contribution in [0.1, 0.15) is 18.1 Å². The van der Waals surface area contributed by atoms with Crippen molar-refractivity contribution in [3.63, 3.8) is 0 Å².